The summed E-state index contributed by atoms with van der Waals surface area (Å²) >= 11 is 0. The quantitative estimate of drug-likeness (QED) is 0.366. The summed E-state index contributed by atoms with van der Waals surface area (Å²) in [4.78, 5) is 10.7. The molecule has 0 bridgehead atoms. The van der Waals surface area contributed by atoms with Crippen LogP contribution in [0.25, 0.3) is 0 Å². The van der Waals surface area contributed by atoms with Crippen LogP contribution in [-0.2, 0) is 4.79 Å². The first-order valence-electron chi connectivity index (χ1n) is 5.07. The topological polar surface area (TPSA) is 110 Å². The number of rotatable bonds is 5. The van der Waals surface area contributed by atoms with Gasteiger partial charge in [-0.05, 0) is 12.7 Å². The van der Waals surface area contributed by atoms with Gasteiger partial charge in [-0.25, -0.2) is 4.39 Å². The average molecular weight is 235 g/mol. The smallest absolute Gasteiger partial charge is 0.451 e. The van der Waals surface area contributed by atoms with Crippen LogP contribution < -0.4 is 5.32 Å². The molecule has 6 nitrogen and oxygen atoms in total. The molecule has 0 spiro atoms. The molecule has 0 aromatic heterocycles. The summed E-state index contributed by atoms with van der Waals surface area (Å²) in [5, 5.41) is 37.7. The molecule has 1 aliphatic rings. The predicted molar refractivity (Wildman–Crippen MR) is 53.5 cm³/mol. The lowest BCUT2D eigenvalue weighted by molar-refractivity contribution is -0.144. The van der Waals surface area contributed by atoms with E-state index in [1.165, 1.54) is 0 Å². The van der Waals surface area contributed by atoms with Crippen LogP contribution in [0.5, 0.6) is 0 Å². The van der Waals surface area contributed by atoms with E-state index < -0.39 is 30.9 Å². The first-order chi connectivity index (χ1) is 7.38. The van der Waals surface area contributed by atoms with Crippen LogP contribution >= 0.6 is 0 Å². The second-order valence-electron chi connectivity index (χ2n) is 3.99. The van der Waals surface area contributed by atoms with E-state index in [9.17, 15) is 14.3 Å². The van der Waals surface area contributed by atoms with Crippen LogP contribution in [0.15, 0.2) is 0 Å². The van der Waals surface area contributed by atoms with E-state index in [-0.39, 0.29) is 25.7 Å². The molecule has 0 aliphatic carbocycles. The molecule has 0 amide bonds. The minimum Gasteiger partial charge on any atom is -0.480 e. The van der Waals surface area contributed by atoms with E-state index >= 15 is 0 Å². The Morgan fingerprint density at radius 3 is 2.69 bits per heavy atom. The van der Waals surface area contributed by atoms with Gasteiger partial charge in [-0.2, -0.15) is 0 Å². The number of halogens is 1. The van der Waals surface area contributed by atoms with Gasteiger partial charge in [0.25, 0.3) is 0 Å². The lowest BCUT2D eigenvalue weighted by Gasteiger charge is -2.26. The molecule has 0 aromatic rings. The van der Waals surface area contributed by atoms with Gasteiger partial charge in [-0.3, -0.25) is 10.1 Å². The Balaban J connectivity index is 2.60. The van der Waals surface area contributed by atoms with Gasteiger partial charge in [0, 0.05) is 6.54 Å². The molecule has 5 N–H and O–H groups in total. The molecule has 1 heterocycles. The van der Waals surface area contributed by atoms with Crippen molar-refractivity contribution in [3.63, 3.8) is 0 Å². The molecule has 92 valence electrons. The summed E-state index contributed by atoms with van der Waals surface area (Å²) in [6, 6.07) is -1.45. The van der Waals surface area contributed by atoms with Gasteiger partial charge in [0.05, 0.1) is 0 Å². The highest BCUT2D eigenvalue weighted by Crippen LogP contribution is 2.32. The summed E-state index contributed by atoms with van der Waals surface area (Å²) in [5.74, 6) is -1.36. The number of aliphatic hydroxyl groups excluding tert-OH is 1. The van der Waals surface area contributed by atoms with Gasteiger partial charge in [0.1, 0.15) is 12.1 Å². The lowest BCUT2D eigenvalue weighted by Crippen LogP contribution is -2.49. The zero-order valence-electron chi connectivity index (χ0n) is 8.64. The standard InChI is InChI=1S/C8H15BFNO5/c10-8(2-1-3-9(15)16)5(12)4-11-6(8)7(13)14/h5-6,11-12,15-16H,1-4H2,(H,13,14)/t5-,6+,8-/m0/s1. The van der Waals surface area contributed by atoms with Crippen LogP contribution in [0.2, 0.25) is 6.32 Å². The third-order valence-electron chi connectivity index (χ3n) is 2.82. The van der Waals surface area contributed by atoms with E-state index in [2.05, 4.69) is 5.32 Å². The van der Waals surface area contributed by atoms with E-state index in [1.54, 1.807) is 0 Å². The summed E-state index contributed by atoms with van der Waals surface area (Å²) in [6.07, 6.45) is -1.57. The SMILES string of the molecule is O=C(O)[C@H]1NC[C@H](O)[C@@]1(F)CCCB(O)O. The number of aliphatic carboxylic acids is 1. The molecule has 1 rings (SSSR count). The van der Waals surface area contributed by atoms with Crippen LogP contribution in [-0.4, -0.2) is 57.7 Å². The highest BCUT2D eigenvalue weighted by atomic mass is 19.1. The minimum atomic E-state index is -2.25. The molecule has 0 unspecified atom stereocenters. The Hall–Kier alpha value is -0.695. The molecule has 3 atom stereocenters. The van der Waals surface area contributed by atoms with Crippen molar-refractivity contribution in [2.75, 3.05) is 6.54 Å². The van der Waals surface area contributed by atoms with Gasteiger partial charge >= 0.3 is 13.1 Å². The second kappa shape index (κ2) is 5.09. The van der Waals surface area contributed by atoms with E-state index in [1.807, 2.05) is 0 Å². The van der Waals surface area contributed by atoms with Gasteiger partial charge in [-0.1, -0.05) is 6.42 Å². The number of hydrogen-bond donors (Lipinski definition) is 5. The molecular weight excluding hydrogens is 220 g/mol. The molecule has 16 heavy (non-hydrogen) atoms. The van der Waals surface area contributed by atoms with Crippen molar-refractivity contribution >= 4 is 13.1 Å². The van der Waals surface area contributed by atoms with Gasteiger partial charge in [-0.15, -0.1) is 0 Å². The number of nitrogens with one attached hydrogen (secondary N) is 1. The van der Waals surface area contributed by atoms with Gasteiger partial charge in [0.15, 0.2) is 5.67 Å². The molecule has 0 aromatic carbocycles. The number of alkyl halides is 1. The zero-order valence-corrected chi connectivity index (χ0v) is 8.64. The van der Waals surface area contributed by atoms with Crippen LogP contribution in [0.3, 0.4) is 0 Å². The molecule has 0 radical (unpaired) electrons. The molecule has 1 fully saturated rings. The highest BCUT2D eigenvalue weighted by Gasteiger charge is 2.53. The lowest BCUT2D eigenvalue weighted by atomic mass is 9.79. The van der Waals surface area contributed by atoms with E-state index in [0.717, 1.165) is 0 Å². The Labute approximate surface area is 92.2 Å². The molecule has 1 saturated heterocycles. The number of carbonyl (C=O) groups is 1. The maximum Gasteiger partial charge on any atom is 0.451 e. The van der Waals surface area contributed by atoms with Crippen molar-refractivity contribution in [2.24, 2.45) is 0 Å². The van der Waals surface area contributed by atoms with Crippen molar-refractivity contribution in [2.45, 2.75) is 37.0 Å². The Morgan fingerprint density at radius 1 is 1.56 bits per heavy atom. The minimum absolute atomic E-state index is 0.0509. The number of carboxylic acids is 1. The average Bonchev–Trinajstić information content (AvgIpc) is 2.43. The second-order valence-corrected chi connectivity index (χ2v) is 3.99. The van der Waals surface area contributed by atoms with Crippen molar-refractivity contribution in [3.05, 3.63) is 0 Å². The predicted octanol–water partition coefficient (Wildman–Crippen LogP) is -1.64. The molecule has 1 aliphatic heterocycles. The maximum absolute atomic E-state index is 14.2. The summed E-state index contributed by atoms with van der Waals surface area (Å²) < 4.78 is 14.2. The zero-order chi connectivity index (χ0) is 12.3. The van der Waals surface area contributed by atoms with Crippen LogP contribution in [0.4, 0.5) is 4.39 Å². The molecular formula is C8H15BFNO5. The number of carboxylic acid groups (broad SMARTS) is 1. The van der Waals surface area contributed by atoms with Crippen LogP contribution in [0, 0.1) is 0 Å². The van der Waals surface area contributed by atoms with Gasteiger partial charge < -0.3 is 20.3 Å². The first kappa shape index (κ1) is 13.4. The fraction of sp³-hybridized carbons (Fsp3) is 0.875. The van der Waals surface area contributed by atoms with Crippen molar-refractivity contribution in [3.8, 4) is 0 Å². The third-order valence-corrected chi connectivity index (χ3v) is 2.82. The first-order valence-corrected chi connectivity index (χ1v) is 5.07. The fourth-order valence-electron chi connectivity index (χ4n) is 1.92. The van der Waals surface area contributed by atoms with Crippen molar-refractivity contribution < 1.29 is 29.4 Å². The Bertz CT molecular complexity index is 267. The highest BCUT2D eigenvalue weighted by molar-refractivity contribution is 6.40. The van der Waals surface area contributed by atoms with Crippen molar-refractivity contribution in [1.82, 2.24) is 5.32 Å². The molecule has 0 saturated carbocycles. The summed E-state index contributed by atoms with van der Waals surface area (Å²) in [5.41, 5.74) is -2.25. The normalized spacial score (nSPS) is 34.0. The number of β-amino-alcohol motifs (C(OH)–C–C–N with tert-alkyl or cyclic N) is 1. The van der Waals surface area contributed by atoms with Crippen LogP contribution in [0.1, 0.15) is 12.8 Å². The summed E-state index contributed by atoms with van der Waals surface area (Å²) in [7, 11) is -1.54. The molecule has 8 heteroatoms. The Kier molecular flexibility index (Phi) is 4.25. The monoisotopic (exact) mass is 235 g/mol. The number of aliphatic hydroxyl groups is 1. The van der Waals surface area contributed by atoms with Crippen molar-refractivity contribution in [1.29, 1.82) is 0 Å². The maximum atomic E-state index is 14.2. The van der Waals surface area contributed by atoms with Gasteiger partial charge in [0.2, 0.25) is 0 Å². The largest absolute Gasteiger partial charge is 0.480 e. The Morgan fingerprint density at radius 2 is 2.19 bits per heavy atom. The number of hydrogen-bond acceptors (Lipinski definition) is 5. The third kappa shape index (κ3) is 2.70. The van der Waals surface area contributed by atoms with E-state index in [0.29, 0.717) is 0 Å². The fourth-order valence-corrected chi connectivity index (χ4v) is 1.92. The summed E-state index contributed by atoms with van der Waals surface area (Å²) in [6.45, 7) is -0.116. The van der Waals surface area contributed by atoms with E-state index in [4.69, 9.17) is 15.2 Å².